The largest absolute Gasteiger partial charge is 0.491 e. The van der Waals surface area contributed by atoms with E-state index >= 15 is 0 Å². The first-order valence-electron chi connectivity index (χ1n) is 8.10. The molecule has 1 aliphatic carbocycles. The van der Waals surface area contributed by atoms with E-state index in [9.17, 15) is 8.78 Å². The normalized spacial score (nSPS) is 16.1. The smallest absolute Gasteiger partial charge is 0.207 e. The number of fused-ring (bicyclic) bond motifs is 3. The first-order chi connectivity index (χ1) is 11.2. The van der Waals surface area contributed by atoms with Gasteiger partial charge >= 0.3 is 0 Å². The van der Waals surface area contributed by atoms with E-state index in [0.29, 0.717) is 29.2 Å². The Morgan fingerprint density at radius 2 is 1.87 bits per heavy atom. The van der Waals surface area contributed by atoms with Gasteiger partial charge in [-0.05, 0) is 48.9 Å². The summed E-state index contributed by atoms with van der Waals surface area (Å²) in [4.78, 5) is 0. The molecule has 1 aliphatic heterocycles. The second kappa shape index (κ2) is 5.52. The van der Waals surface area contributed by atoms with Crippen molar-refractivity contribution in [3.8, 4) is 22.6 Å². The standard InChI is InChI=1S/C19H18F2O2/c1-2-22-16-9-8-14-13-7-6-12(11-4-3-5-11)17(20)15(13)10-23-19(14)18(16)21/h6-9,11H,2-5,10H2,1H3. The molecule has 1 fully saturated rings. The lowest BCUT2D eigenvalue weighted by atomic mass is 9.78. The highest BCUT2D eigenvalue weighted by molar-refractivity contribution is 5.77. The quantitative estimate of drug-likeness (QED) is 0.776. The fourth-order valence-corrected chi connectivity index (χ4v) is 3.37. The minimum atomic E-state index is -0.515. The highest BCUT2D eigenvalue weighted by atomic mass is 19.1. The average molecular weight is 316 g/mol. The molecule has 120 valence electrons. The minimum absolute atomic E-state index is 0.0568. The van der Waals surface area contributed by atoms with E-state index in [4.69, 9.17) is 9.47 Å². The van der Waals surface area contributed by atoms with Crippen molar-refractivity contribution >= 4 is 0 Å². The molecule has 23 heavy (non-hydrogen) atoms. The molecule has 2 aromatic rings. The van der Waals surface area contributed by atoms with E-state index in [1.807, 2.05) is 12.1 Å². The molecule has 0 saturated heterocycles. The third-order valence-corrected chi connectivity index (χ3v) is 4.83. The lowest BCUT2D eigenvalue weighted by molar-refractivity contribution is 0.266. The number of rotatable bonds is 3. The van der Waals surface area contributed by atoms with Crippen molar-refractivity contribution in [2.75, 3.05) is 6.61 Å². The SMILES string of the molecule is CCOc1ccc2c(c1F)OCc1c-2ccc(C2CCC2)c1F. The Morgan fingerprint density at radius 1 is 1.09 bits per heavy atom. The van der Waals surface area contributed by atoms with Crippen molar-refractivity contribution < 1.29 is 18.3 Å². The monoisotopic (exact) mass is 316 g/mol. The van der Waals surface area contributed by atoms with Crippen LogP contribution < -0.4 is 9.47 Å². The summed E-state index contributed by atoms with van der Waals surface area (Å²) in [6, 6.07) is 7.06. The van der Waals surface area contributed by atoms with Crippen LogP contribution in [0.5, 0.6) is 11.5 Å². The van der Waals surface area contributed by atoms with Crippen molar-refractivity contribution in [1.29, 1.82) is 0 Å². The minimum Gasteiger partial charge on any atom is -0.491 e. The van der Waals surface area contributed by atoms with Crippen molar-refractivity contribution in [3.05, 3.63) is 47.0 Å². The zero-order chi connectivity index (χ0) is 16.0. The fraction of sp³-hybridized carbons (Fsp3) is 0.368. The molecular formula is C19H18F2O2. The molecular weight excluding hydrogens is 298 g/mol. The Kier molecular flexibility index (Phi) is 3.47. The topological polar surface area (TPSA) is 18.5 Å². The van der Waals surface area contributed by atoms with Crippen LogP contribution in [0.25, 0.3) is 11.1 Å². The van der Waals surface area contributed by atoms with Gasteiger partial charge in [0.25, 0.3) is 0 Å². The summed E-state index contributed by atoms with van der Waals surface area (Å²) in [6.07, 6.45) is 3.24. The van der Waals surface area contributed by atoms with Crippen LogP contribution in [0.4, 0.5) is 8.78 Å². The van der Waals surface area contributed by atoms with E-state index in [1.165, 1.54) is 0 Å². The Balaban J connectivity index is 1.81. The lowest BCUT2D eigenvalue weighted by Crippen LogP contribution is -2.15. The van der Waals surface area contributed by atoms with Gasteiger partial charge in [0.15, 0.2) is 11.5 Å². The van der Waals surface area contributed by atoms with Crippen LogP contribution in [0, 0.1) is 11.6 Å². The second-order valence-electron chi connectivity index (χ2n) is 6.10. The maximum Gasteiger partial charge on any atom is 0.207 e. The summed E-state index contributed by atoms with van der Waals surface area (Å²) in [6.45, 7) is 2.24. The molecule has 0 radical (unpaired) electrons. The maximum atomic E-state index is 14.8. The molecule has 4 heteroatoms. The summed E-state index contributed by atoms with van der Waals surface area (Å²) < 4.78 is 40.1. The Bertz CT molecular complexity index is 766. The number of hydrogen-bond acceptors (Lipinski definition) is 2. The molecule has 0 aromatic heterocycles. The van der Waals surface area contributed by atoms with Gasteiger partial charge in [0.05, 0.1) is 6.61 Å². The van der Waals surface area contributed by atoms with Crippen molar-refractivity contribution in [1.82, 2.24) is 0 Å². The summed E-state index contributed by atoms with van der Waals surface area (Å²) in [5.41, 5.74) is 2.61. The molecule has 0 bridgehead atoms. The van der Waals surface area contributed by atoms with Crippen LogP contribution in [-0.2, 0) is 6.61 Å². The Labute approximate surface area is 134 Å². The van der Waals surface area contributed by atoms with Gasteiger partial charge in [0.1, 0.15) is 12.4 Å². The highest BCUT2D eigenvalue weighted by Gasteiger charge is 2.29. The molecule has 2 nitrogen and oxygen atoms in total. The zero-order valence-electron chi connectivity index (χ0n) is 13.0. The third kappa shape index (κ3) is 2.19. The van der Waals surface area contributed by atoms with Gasteiger partial charge < -0.3 is 9.47 Å². The number of ether oxygens (including phenoxy) is 2. The molecule has 1 heterocycles. The molecule has 2 aliphatic rings. The molecule has 2 aromatic carbocycles. The van der Waals surface area contributed by atoms with Gasteiger partial charge in [-0.15, -0.1) is 0 Å². The highest BCUT2D eigenvalue weighted by Crippen LogP contribution is 2.45. The molecule has 0 atom stereocenters. The van der Waals surface area contributed by atoms with Crippen LogP contribution in [0.1, 0.15) is 43.2 Å². The van der Waals surface area contributed by atoms with E-state index in [2.05, 4.69) is 0 Å². The molecule has 0 N–H and O–H groups in total. The third-order valence-electron chi connectivity index (χ3n) is 4.83. The second-order valence-corrected chi connectivity index (χ2v) is 6.10. The van der Waals surface area contributed by atoms with Gasteiger partial charge in [-0.1, -0.05) is 18.6 Å². The number of halogens is 2. The van der Waals surface area contributed by atoms with Crippen LogP contribution in [0.3, 0.4) is 0 Å². The molecule has 1 saturated carbocycles. The summed E-state index contributed by atoms with van der Waals surface area (Å²) in [7, 11) is 0. The van der Waals surface area contributed by atoms with Crippen LogP contribution >= 0.6 is 0 Å². The van der Waals surface area contributed by atoms with Crippen LogP contribution in [0.2, 0.25) is 0 Å². The van der Waals surface area contributed by atoms with Gasteiger partial charge in [-0.2, -0.15) is 4.39 Å². The first-order valence-corrected chi connectivity index (χ1v) is 8.10. The Hall–Kier alpha value is -2.10. The van der Waals surface area contributed by atoms with E-state index in [0.717, 1.165) is 24.8 Å². The predicted molar refractivity (Wildman–Crippen MR) is 83.9 cm³/mol. The summed E-state index contributed by atoms with van der Waals surface area (Å²) in [5.74, 6) is -0.0649. The van der Waals surface area contributed by atoms with Gasteiger partial charge in [-0.25, -0.2) is 4.39 Å². The molecule has 4 rings (SSSR count). The molecule has 0 amide bonds. The fourth-order valence-electron chi connectivity index (χ4n) is 3.37. The molecule has 0 spiro atoms. The van der Waals surface area contributed by atoms with Crippen LogP contribution in [-0.4, -0.2) is 6.61 Å². The summed E-state index contributed by atoms with van der Waals surface area (Å²) >= 11 is 0. The zero-order valence-corrected chi connectivity index (χ0v) is 13.0. The predicted octanol–water partition coefficient (Wildman–Crippen LogP) is 5.19. The van der Waals surface area contributed by atoms with Gasteiger partial charge in [-0.3, -0.25) is 0 Å². The van der Waals surface area contributed by atoms with Crippen molar-refractivity contribution in [2.24, 2.45) is 0 Å². The Morgan fingerprint density at radius 3 is 2.57 bits per heavy atom. The van der Waals surface area contributed by atoms with Crippen LogP contribution in [0.15, 0.2) is 24.3 Å². The number of hydrogen-bond donors (Lipinski definition) is 0. The van der Waals surface area contributed by atoms with Crippen molar-refractivity contribution in [3.63, 3.8) is 0 Å². The van der Waals surface area contributed by atoms with Gasteiger partial charge in [0, 0.05) is 11.1 Å². The van der Waals surface area contributed by atoms with Crippen molar-refractivity contribution in [2.45, 2.75) is 38.7 Å². The van der Waals surface area contributed by atoms with E-state index in [-0.39, 0.29) is 23.9 Å². The molecule has 0 unspecified atom stereocenters. The lowest BCUT2D eigenvalue weighted by Gasteiger charge is -2.29. The number of benzene rings is 2. The van der Waals surface area contributed by atoms with E-state index < -0.39 is 5.82 Å². The van der Waals surface area contributed by atoms with E-state index in [1.54, 1.807) is 19.1 Å². The maximum absolute atomic E-state index is 14.8. The summed E-state index contributed by atoms with van der Waals surface area (Å²) in [5, 5.41) is 0. The van der Waals surface area contributed by atoms with Gasteiger partial charge in [0.2, 0.25) is 5.82 Å². The first kappa shape index (κ1) is 14.5. The average Bonchev–Trinajstić information content (AvgIpc) is 2.51.